The van der Waals surface area contributed by atoms with E-state index in [1.54, 1.807) is 0 Å². The van der Waals surface area contributed by atoms with E-state index in [2.05, 4.69) is 14.8 Å². The van der Waals surface area contributed by atoms with Crippen molar-refractivity contribution in [3.63, 3.8) is 0 Å². The maximum Gasteiger partial charge on any atom is 0.231 e. The van der Waals surface area contributed by atoms with Crippen molar-refractivity contribution in [1.29, 1.82) is 0 Å². The molecule has 1 aliphatic heterocycles. The van der Waals surface area contributed by atoms with E-state index in [4.69, 9.17) is 10.7 Å². The summed E-state index contributed by atoms with van der Waals surface area (Å²) in [5.74, 6) is 0.664. The van der Waals surface area contributed by atoms with Crippen LogP contribution in [0.3, 0.4) is 0 Å². The zero-order chi connectivity index (χ0) is 14.8. The number of hydrogen-bond donors (Lipinski definition) is 1. The zero-order valence-electron chi connectivity index (χ0n) is 12.1. The van der Waals surface area contributed by atoms with Gasteiger partial charge in [0.05, 0.1) is 23.3 Å². The third-order valence-electron chi connectivity index (χ3n) is 3.77. The molecule has 3 rings (SSSR count). The van der Waals surface area contributed by atoms with Crippen molar-refractivity contribution < 1.29 is 4.79 Å². The summed E-state index contributed by atoms with van der Waals surface area (Å²) in [4.78, 5) is 24.6. The number of primary amides is 1. The molecule has 1 amide bonds. The van der Waals surface area contributed by atoms with Gasteiger partial charge in [-0.1, -0.05) is 12.1 Å². The molecule has 2 aromatic rings. The molecule has 0 radical (unpaired) electrons. The van der Waals surface area contributed by atoms with Crippen molar-refractivity contribution in [2.24, 2.45) is 5.73 Å². The third kappa shape index (κ3) is 2.95. The first-order valence-electron chi connectivity index (χ1n) is 7.12. The lowest BCUT2D eigenvalue weighted by Gasteiger charge is -2.35. The summed E-state index contributed by atoms with van der Waals surface area (Å²) in [5.41, 5.74) is 8.02. The Morgan fingerprint density at radius 1 is 1.14 bits per heavy atom. The van der Waals surface area contributed by atoms with Crippen LogP contribution in [0.4, 0.5) is 5.82 Å². The topological polar surface area (TPSA) is 75.3 Å². The van der Waals surface area contributed by atoms with Gasteiger partial charge in [0.15, 0.2) is 5.82 Å². The highest BCUT2D eigenvalue weighted by Crippen LogP contribution is 2.21. The molecule has 0 aliphatic carbocycles. The second kappa shape index (κ2) is 5.65. The number of para-hydroxylation sites is 2. The number of nitrogens with zero attached hydrogens (tertiary/aromatic N) is 4. The highest BCUT2D eigenvalue weighted by Gasteiger charge is 2.21. The number of benzene rings is 1. The van der Waals surface area contributed by atoms with E-state index in [-0.39, 0.29) is 5.91 Å². The lowest BCUT2D eigenvalue weighted by Crippen LogP contribution is -2.49. The fraction of sp³-hybridized carbons (Fsp3) is 0.400. The first-order chi connectivity index (χ1) is 10.1. The van der Waals surface area contributed by atoms with Crippen molar-refractivity contribution in [3.8, 4) is 0 Å². The van der Waals surface area contributed by atoms with Gasteiger partial charge >= 0.3 is 0 Å². The Labute approximate surface area is 123 Å². The van der Waals surface area contributed by atoms with Gasteiger partial charge in [0.25, 0.3) is 0 Å². The lowest BCUT2D eigenvalue weighted by atomic mass is 10.2. The first-order valence-corrected chi connectivity index (χ1v) is 7.12. The number of aromatic nitrogens is 2. The molecule has 21 heavy (non-hydrogen) atoms. The van der Waals surface area contributed by atoms with Gasteiger partial charge in [-0.2, -0.15) is 0 Å². The fourth-order valence-electron chi connectivity index (χ4n) is 2.72. The first kappa shape index (κ1) is 13.8. The van der Waals surface area contributed by atoms with E-state index in [0.29, 0.717) is 6.54 Å². The van der Waals surface area contributed by atoms with Crippen molar-refractivity contribution in [3.05, 3.63) is 30.0 Å². The molecule has 0 spiro atoms. The van der Waals surface area contributed by atoms with E-state index in [0.717, 1.165) is 48.7 Å². The molecule has 6 heteroatoms. The van der Waals surface area contributed by atoms with Gasteiger partial charge in [0.2, 0.25) is 5.91 Å². The summed E-state index contributed by atoms with van der Waals surface area (Å²) >= 11 is 0. The number of carbonyl (C=O) groups excluding carboxylic acids is 1. The molecule has 0 unspecified atom stereocenters. The van der Waals surface area contributed by atoms with Gasteiger partial charge in [0, 0.05) is 26.2 Å². The number of hydrogen-bond acceptors (Lipinski definition) is 5. The van der Waals surface area contributed by atoms with Crippen LogP contribution in [0.5, 0.6) is 0 Å². The number of nitrogens with two attached hydrogens (primary N) is 1. The molecule has 2 heterocycles. The Morgan fingerprint density at radius 3 is 2.38 bits per heavy atom. The number of aryl methyl sites for hydroxylation is 1. The Morgan fingerprint density at radius 2 is 1.76 bits per heavy atom. The molecule has 0 saturated carbocycles. The fourth-order valence-corrected chi connectivity index (χ4v) is 2.72. The van der Waals surface area contributed by atoms with E-state index in [1.807, 2.05) is 31.2 Å². The maximum atomic E-state index is 11.0. The summed E-state index contributed by atoms with van der Waals surface area (Å²) in [6, 6.07) is 7.90. The minimum absolute atomic E-state index is 0.273. The largest absolute Gasteiger partial charge is 0.369 e. The van der Waals surface area contributed by atoms with E-state index >= 15 is 0 Å². The number of fused-ring (bicyclic) bond motifs is 1. The molecule has 2 N–H and O–H groups in total. The Bertz CT molecular complexity index is 664. The van der Waals surface area contributed by atoms with Gasteiger partial charge in [-0.15, -0.1) is 0 Å². The summed E-state index contributed by atoms with van der Waals surface area (Å²) < 4.78 is 0. The molecule has 0 bridgehead atoms. The monoisotopic (exact) mass is 285 g/mol. The Hall–Kier alpha value is -2.21. The SMILES string of the molecule is Cc1nc2ccccc2nc1N1CCN(CC(N)=O)CC1. The molecule has 1 aliphatic rings. The average molecular weight is 285 g/mol. The van der Waals surface area contributed by atoms with Gasteiger partial charge < -0.3 is 10.6 Å². The van der Waals surface area contributed by atoms with E-state index < -0.39 is 0 Å². The number of amides is 1. The molecular formula is C15H19N5O. The maximum absolute atomic E-state index is 11.0. The summed E-state index contributed by atoms with van der Waals surface area (Å²) in [5, 5.41) is 0. The number of piperazine rings is 1. The Balaban J connectivity index is 1.79. The molecule has 110 valence electrons. The van der Waals surface area contributed by atoms with Crippen LogP contribution in [-0.4, -0.2) is 53.5 Å². The van der Waals surface area contributed by atoms with Crippen molar-refractivity contribution in [2.45, 2.75) is 6.92 Å². The van der Waals surface area contributed by atoms with Crippen LogP contribution >= 0.6 is 0 Å². The summed E-state index contributed by atoms with van der Waals surface area (Å²) in [7, 11) is 0. The quantitative estimate of drug-likeness (QED) is 0.891. The van der Waals surface area contributed by atoms with Gasteiger partial charge in [0.1, 0.15) is 0 Å². The number of anilines is 1. The van der Waals surface area contributed by atoms with Crippen molar-refractivity contribution >= 4 is 22.8 Å². The molecular weight excluding hydrogens is 266 g/mol. The molecule has 0 atom stereocenters. The van der Waals surface area contributed by atoms with Crippen LogP contribution in [-0.2, 0) is 4.79 Å². The Kier molecular flexibility index (Phi) is 3.70. The highest BCUT2D eigenvalue weighted by molar-refractivity contribution is 5.77. The lowest BCUT2D eigenvalue weighted by molar-refractivity contribution is -0.119. The van der Waals surface area contributed by atoms with E-state index in [9.17, 15) is 4.79 Å². The second-order valence-corrected chi connectivity index (χ2v) is 5.35. The van der Waals surface area contributed by atoms with Crippen LogP contribution in [0.15, 0.2) is 24.3 Å². The minimum Gasteiger partial charge on any atom is -0.369 e. The highest BCUT2D eigenvalue weighted by atomic mass is 16.1. The van der Waals surface area contributed by atoms with Crippen LogP contribution in [0.2, 0.25) is 0 Å². The summed E-state index contributed by atoms with van der Waals surface area (Å²) in [6.45, 7) is 5.62. The normalized spacial score (nSPS) is 16.3. The molecule has 1 aromatic heterocycles. The average Bonchev–Trinajstić information content (AvgIpc) is 2.47. The third-order valence-corrected chi connectivity index (χ3v) is 3.77. The number of carbonyl (C=O) groups is 1. The van der Waals surface area contributed by atoms with Gasteiger partial charge in [-0.25, -0.2) is 9.97 Å². The molecule has 1 fully saturated rings. The van der Waals surface area contributed by atoms with Gasteiger partial charge in [-0.05, 0) is 19.1 Å². The predicted molar refractivity (Wildman–Crippen MR) is 82.1 cm³/mol. The molecule has 1 aromatic carbocycles. The number of rotatable bonds is 3. The zero-order valence-corrected chi connectivity index (χ0v) is 12.1. The predicted octanol–water partition coefficient (Wildman–Crippen LogP) is 0.546. The summed E-state index contributed by atoms with van der Waals surface area (Å²) in [6.07, 6.45) is 0. The van der Waals surface area contributed by atoms with E-state index in [1.165, 1.54) is 0 Å². The van der Waals surface area contributed by atoms with Crippen LogP contribution < -0.4 is 10.6 Å². The van der Waals surface area contributed by atoms with Crippen molar-refractivity contribution in [2.75, 3.05) is 37.6 Å². The minimum atomic E-state index is -0.273. The van der Waals surface area contributed by atoms with Gasteiger partial charge in [-0.3, -0.25) is 9.69 Å². The molecule has 6 nitrogen and oxygen atoms in total. The van der Waals surface area contributed by atoms with Crippen LogP contribution in [0.25, 0.3) is 11.0 Å². The smallest absolute Gasteiger partial charge is 0.231 e. The second-order valence-electron chi connectivity index (χ2n) is 5.35. The standard InChI is InChI=1S/C15H19N5O/c1-11-15(18-13-5-3-2-4-12(13)17-11)20-8-6-19(7-9-20)10-14(16)21/h2-5H,6-10H2,1H3,(H2,16,21). The van der Waals surface area contributed by atoms with Crippen LogP contribution in [0, 0.1) is 6.92 Å². The van der Waals surface area contributed by atoms with Crippen molar-refractivity contribution in [1.82, 2.24) is 14.9 Å². The molecule has 1 saturated heterocycles. The van der Waals surface area contributed by atoms with Crippen LogP contribution in [0.1, 0.15) is 5.69 Å².